The van der Waals surface area contributed by atoms with E-state index in [0.29, 0.717) is 0 Å². The quantitative estimate of drug-likeness (QED) is 0.470. The van der Waals surface area contributed by atoms with E-state index in [1.54, 1.807) is 0 Å². The van der Waals surface area contributed by atoms with Crippen molar-refractivity contribution in [3.63, 3.8) is 0 Å². The molecule has 32 heavy (non-hydrogen) atoms. The van der Waals surface area contributed by atoms with Crippen molar-refractivity contribution in [3.05, 3.63) is 53.0 Å². The molecule has 0 radical (unpaired) electrons. The number of pyridine rings is 1. The molecule has 0 saturated heterocycles. The molecule has 0 amide bonds. The molecule has 3 aromatic heterocycles. The summed E-state index contributed by atoms with van der Waals surface area (Å²) in [5.74, 6) is 4.23. The van der Waals surface area contributed by atoms with E-state index in [9.17, 15) is 0 Å². The molecule has 5 heterocycles. The van der Waals surface area contributed by atoms with Crippen LogP contribution in [0.15, 0.2) is 30.5 Å². The van der Waals surface area contributed by atoms with E-state index >= 15 is 0 Å². The first-order chi connectivity index (χ1) is 15.7. The normalized spacial score (nSPS) is 17.2. The second-order valence-electron chi connectivity index (χ2n) is 8.96. The summed E-state index contributed by atoms with van der Waals surface area (Å²) in [5.41, 5.74) is 7.90. The predicted molar refractivity (Wildman–Crippen MR) is 133 cm³/mol. The third-order valence-electron chi connectivity index (χ3n) is 7.12. The summed E-state index contributed by atoms with van der Waals surface area (Å²) < 4.78 is 9.10. The third kappa shape index (κ3) is 3.23. The van der Waals surface area contributed by atoms with Gasteiger partial charge in [-0.1, -0.05) is 12.1 Å². The van der Waals surface area contributed by atoms with Crippen LogP contribution in [0.2, 0.25) is 0 Å². The van der Waals surface area contributed by atoms with Crippen LogP contribution in [-0.2, 0) is 32.2 Å². The topological polar surface area (TPSA) is 46.1 Å². The SMILES string of the molecule is CCn1c2c(c3c(Oc4cccc5c6c([nH]c45)CCSCC6)ccnc31)CCN(C)CC2. The molecular formula is C26H30N4OS. The Morgan fingerprint density at radius 3 is 2.81 bits per heavy atom. The Morgan fingerprint density at radius 1 is 1.03 bits per heavy atom. The number of thioether (sulfide) groups is 1. The fourth-order valence-electron chi connectivity index (χ4n) is 5.50. The molecule has 1 aromatic carbocycles. The molecule has 0 fully saturated rings. The lowest BCUT2D eigenvalue weighted by Crippen LogP contribution is -2.21. The van der Waals surface area contributed by atoms with Gasteiger partial charge in [0.15, 0.2) is 5.75 Å². The maximum atomic E-state index is 6.70. The molecular weight excluding hydrogens is 416 g/mol. The Kier molecular flexibility index (Phi) is 5.15. The lowest BCUT2D eigenvalue weighted by atomic mass is 10.1. The number of hydrogen-bond donors (Lipinski definition) is 1. The largest absolute Gasteiger partial charge is 0.454 e. The summed E-state index contributed by atoms with van der Waals surface area (Å²) in [6.07, 6.45) is 6.23. The third-order valence-corrected chi connectivity index (χ3v) is 8.10. The predicted octanol–water partition coefficient (Wildman–Crippen LogP) is 5.19. The molecule has 2 aliphatic rings. The van der Waals surface area contributed by atoms with Crippen LogP contribution >= 0.6 is 11.8 Å². The first kappa shape index (κ1) is 20.2. The van der Waals surface area contributed by atoms with Crippen LogP contribution in [0.25, 0.3) is 21.9 Å². The summed E-state index contributed by atoms with van der Waals surface area (Å²) in [6, 6.07) is 8.52. The van der Waals surface area contributed by atoms with Crippen LogP contribution in [0.5, 0.6) is 11.5 Å². The average Bonchev–Trinajstić information content (AvgIpc) is 3.11. The Hall–Kier alpha value is -2.44. The first-order valence-electron chi connectivity index (χ1n) is 11.8. The highest BCUT2D eigenvalue weighted by atomic mass is 32.2. The fraction of sp³-hybridized carbons (Fsp3) is 0.423. The molecule has 6 heteroatoms. The van der Waals surface area contributed by atoms with Gasteiger partial charge in [-0.15, -0.1) is 0 Å². The van der Waals surface area contributed by atoms with E-state index in [1.165, 1.54) is 44.8 Å². The molecule has 0 unspecified atom stereocenters. The minimum Gasteiger partial charge on any atom is -0.454 e. The van der Waals surface area contributed by atoms with E-state index < -0.39 is 0 Å². The molecule has 2 aliphatic heterocycles. The van der Waals surface area contributed by atoms with Crippen molar-refractivity contribution in [2.45, 2.75) is 39.2 Å². The lowest BCUT2D eigenvalue weighted by molar-refractivity contribution is 0.351. The van der Waals surface area contributed by atoms with Gasteiger partial charge in [-0.05, 0) is 68.0 Å². The van der Waals surface area contributed by atoms with Crippen molar-refractivity contribution < 1.29 is 4.74 Å². The second-order valence-corrected chi connectivity index (χ2v) is 10.2. The van der Waals surface area contributed by atoms with E-state index in [2.05, 4.69) is 46.6 Å². The summed E-state index contributed by atoms with van der Waals surface area (Å²) >= 11 is 2.05. The van der Waals surface area contributed by atoms with Gasteiger partial charge in [0.1, 0.15) is 11.4 Å². The average molecular weight is 447 g/mol. The highest BCUT2D eigenvalue weighted by Gasteiger charge is 2.24. The Balaban J connectivity index is 1.49. The van der Waals surface area contributed by atoms with E-state index in [4.69, 9.17) is 9.72 Å². The molecule has 0 atom stereocenters. The van der Waals surface area contributed by atoms with E-state index in [0.717, 1.165) is 68.0 Å². The first-order valence-corrected chi connectivity index (χ1v) is 13.0. The summed E-state index contributed by atoms with van der Waals surface area (Å²) in [7, 11) is 2.22. The van der Waals surface area contributed by atoms with Crippen LogP contribution in [-0.4, -0.2) is 51.1 Å². The lowest BCUT2D eigenvalue weighted by Gasteiger charge is -2.13. The van der Waals surface area contributed by atoms with Gasteiger partial charge in [-0.25, -0.2) is 4.98 Å². The maximum Gasteiger partial charge on any atom is 0.151 e. The molecule has 1 N–H and O–H groups in total. The maximum absolute atomic E-state index is 6.70. The van der Waals surface area contributed by atoms with Gasteiger partial charge in [0.25, 0.3) is 0 Å². The molecule has 166 valence electrons. The van der Waals surface area contributed by atoms with Crippen molar-refractivity contribution in [1.82, 2.24) is 19.4 Å². The van der Waals surface area contributed by atoms with Crippen molar-refractivity contribution in [3.8, 4) is 11.5 Å². The number of nitrogens with one attached hydrogen (secondary N) is 1. The number of likely N-dealkylation sites (N-methyl/N-ethyl adjacent to an activating group) is 1. The van der Waals surface area contributed by atoms with E-state index in [-0.39, 0.29) is 0 Å². The van der Waals surface area contributed by atoms with Gasteiger partial charge < -0.3 is 19.2 Å². The number of benzene rings is 1. The summed E-state index contributed by atoms with van der Waals surface area (Å²) in [6.45, 7) is 5.31. The van der Waals surface area contributed by atoms with Crippen molar-refractivity contribution >= 4 is 33.7 Å². The molecule has 6 rings (SSSR count). The number of para-hydroxylation sites is 1. The number of aromatic nitrogens is 3. The van der Waals surface area contributed by atoms with Gasteiger partial charge in [0.2, 0.25) is 0 Å². The molecule has 0 saturated carbocycles. The minimum absolute atomic E-state index is 0.916. The van der Waals surface area contributed by atoms with Crippen LogP contribution in [0, 0.1) is 0 Å². The fourth-order valence-corrected chi connectivity index (χ4v) is 6.40. The smallest absolute Gasteiger partial charge is 0.151 e. The number of nitrogens with zero attached hydrogens (tertiary/aromatic N) is 3. The zero-order valence-corrected chi connectivity index (χ0v) is 19.7. The number of ether oxygens (including phenoxy) is 1. The number of aryl methyl sites for hydroxylation is 3. The van der Waals surface area contributed by atoms with Crippen molar-refractivity contribution in [2.75, 3.05) is 31.6 Å². The summed E-state index contributed by atoms with van der Waals surface area (Å²) in [5, 5.41) is 2.51. The van der Waals surface area contributed by atoms with Crippen LogP contribution in [0.3, 0.4) is 0 Å². The molecule has 4 aromatic rings. The molecule has 0 bridgehead atoms. The zero-order valence-electron chi connectivity index (χ0n) is 18.9. The summed E-state index contributed by atoms with van der Waals surface area (Å²) in [4.78, 5) is 10.9. The van der Waals surface area contributed by atoms with Gasteiger partial charge in [-0.3, -0.25) is 0 Å². The Bertz CT molecular complexity index is 1300. The standard InChI is InChI=1S/C26H30N4OS/c1-3-30-21-9-14-29(2)13-8-19(21)24-22(7-12-27-26(24)30)31-23-6-4-5-18-17-10-15-32-16-11-20(17)28-25(18)23/h4-7,12,28H,3,8-11,13-16H2,1-2H3. The van der Waals surface area contributed by atoms with Crippen LogP contribution < -0.4 is 4.74 Å². The Morgan fingerprint density at radius 2 is 1.91 bits per heavy atom. The number of rotatable bonds is 3. The number of H-pyrrole nitrogens is 1. The highest BCUT2D eigenvalue weighted by Crippen LogP contribution is 2.39. The zero-order chi connectivity index (χ0) is 21.7. The van der Waals surface area contributed by atoms with E-state index in [1.807, 2.05) is 24.0 Å². The highest BCUT2D eigenvalue weighted by molar-refractivity contribution is 7.99. The van der Waals surface area contributed by atoms with Gasteiger partial charge in [0, 0.05) is 49.0 Å². The van der Waals surface area contributed by atoms with Crippen LogP contribution in [0.1, 0.15) is 29.4 Å². The molecule has 0 aliphatic carbocycles. The van der Waals surface area contributed by atoms with Crippen LogP contribution in [0.4, 0.5) is 0 Å². The molecule has 5 nitrogen and oxygen atoms in total. The van der Waals surface area contributed by atoms with Gasteiger partial charge in [0.05, 0.1) is 10.9 Å². The minimum atomic E-state index is 0.916. The molecule has 0 spiro atoms. The van der Waals surface area contributed by atoms with Gasteiger partial charge in [-0.2, -0.15) is 11.8 Å². The van der Waals surface area contributed by atoms with Gasteiger partial charge >= 0.3 is 0 Å². The number of fused-ring (bicyclic) bond motifs is 6. The Labute approximate surface area is 193 Å². The van der Waals surface area contributed by atoms with Crippen molar-refractivity contribution in [1.29, 1.82) is 0 Å². The van der Waals surface area contributed by atoms with Crippen molar-refractivity contribution in [2.24, 2.45) is 0 Å². The number of hydrogen-bond acceptors (Lipinski definition) is 4. The monoisotopic (exact) mass is 446 g/mol. The number of aromatic amines is 1. The second kappa shape index (κ2) is 8.16.